The molecule has 0 bridgehead atoms. The Labute approximate surface area is 162 Å². The van der Waals surface area contributed by atoms with Gasteiger partial charge in [0.15, 0.2) is 5.82 Å². The molecule has 1 aromatic heterocycles. The van der Waals surface area contributed by atoms with Crippen molar-refractivity contribution >= 4 is 40.6 Å². The molecule has 1 amide bonds. The topological polar surface area (TPSA) is 50.5 Å². The van der Waals surface area contributed by atoms with Gasteiger partial charge in [-0.3, -0.25) is 4.79 Å². The molecule has 2 atom stereocenters. The van der Waals surface area contributed by atoms with E-state index in [2.05, 4.69) is 10.1 Å². The third-order valence-corrected chi connectivity index (χ3v) is 5.93. The minimum absolute atomic E-state index is 0.114. The average Bonchev–Trinajstić information content (AvgIpc) is 3.11. The summed E-state index contributed by atoms with van der Waals surface area (Å²) in [5.74, 6) is 0.474. The molecule has 0 radical (unpaired) electrons. The zero-order valence-corrected chi connectivity index (χ0v) is 16.0. The van der Waals surface area contributed by atoms with Crippen LogP contribution in [0.3, 0.4) is 0 Å². The van der Waals surface area contributed by atoms with Crippen LogP contribution in [-0.2, 0) is 4.79 Å². The van der Waals surface area contributed by atoms with Gasteiger partial charge in [0.05, 0.1) is 22.3 Å². The zero-order valence-electron chi connectivity index (χ0n) is 14.5. The van der Waals surface area contributed by atoms with Gasteiger partial charge < -0.3 is 4.90 Å². The zero-order chi connectivity index (χ0) is 18.3. The molecule has 1 fully saturated rings. The number of nitrogens with zero attached hydrogens (tertiary/aromatic N) is 4. The molecule has 0 saturated carbocycles. The molecule has 3 heterocycles. The summed E-state index contributed by atoms with van der Waals surface area (Å²) in [5, 5.41) is 5.41. The lowest BCUT2D eigenvalue weighted by Crippen LogP contribution is -2.46. The number of aromatic nitrogens is 2. The van der Waals surface area contributed by atoms with Crippen LogP contribution in [0.5, 0.6) is 0 Å². The fraction of sp³-hybridized carbons (Fsp3) is 0.421. The molecule has 4 rings (SSSR count). The maximum Gasteiger partial charge on any atom is 0.233 e. The fourth-order valence-electron chi connectivity index (χ4n) is 3.88. The lowest BCUT2D eigenvalue weighted by molar-refractivity contribution is -0.135. The summed E-state index contributed by atoms with van der Waals surface area (Å²) in [7, 11) is 0. The van der Waals surface area contributed by atoms with Crippen LogP contribution in [0.25, 0.3) is 0 Å². The molecule has 2 aromatic rings. The Hall–Kier alpha value is -1.85. The molecule has 2 unspecified atom stereocenters. The van der Waals surface area contributed by atoms with Crippen molar-refractivity contribution in [3.05, 3.63) is 46.1 Å². The van der Waals surface area contributed by atoms with E-state index in [1.54, 1.807) is 12.3 Å². The maximum atomic E-state index is 13.4. The Morgan fingerprint density at radius 1 is 1.12 bits per heavy atom. The Morgan fingerprint density at radius 2 is 1.88 bits per heavy atom. The van der Waals surface area contributed by atoms with Crippen molar-refractivity contribution < 1.29 is 4.79 Å². The molecule has 26 heavy (non-hydrogen) atoms. The van der Waals surface area contributed by atoms with Crippen molar-refractivity contribution in [2.45, 2.75) is 32.2 Å². The van der Waals surface area contributed by atoms with Gasteiger partial charge >= 0.3 is 0 Å². The van der Waals surface area contributed by atoms with E-state index in [1.165, 1.54) is 6.42 Å². The van der Waals surface area contributed by atoms with E-state index in [4.69, 9.17) is 23.2 Å². The second-order valence-corrected chi connectivity index (χ2v) is 7.68. The summed E-state index contributed by atoms with van der Waals surface area (Å²) >= 11 is 12.4. The second-order valence-electron chi connectivity index (χ2n) is 6.87. The van der Waals surface area contributed by atoms with E-state index < -0.39 is 5.92 Å². The number of amides is 1. The van der Waals surface area contributed by atoms with Crippen LogP contribution in [-0.4, -0.2) is 39.4 Å². The molecule has 136 valence electrons. The van der Waals surface area contributed by atoms with Crippen molar-refractivity contribution in [1.29, 1.82) is 0 Å². The first-order chi connectivity index (χ1) is 12.6. The summed E-state index contributed by atoms with van der Waals surface area (Å²) in [6, 6.07) is 7.09. The highest BCUT2D eigenvalue weighted by molar-refractivity contribution is 6.42. The molecule has 0 N–H and O–H groups in total. The quantitative estimate of drug-likeness (QED) is 0.756. The van der Waals surface area contributed by atoms with Gasteiger partial charge in [-0.1, -0.05) is 29.3 Å². The minimum Gasteiger partial charge on any atom is -0.342 e. The van der Waals surface area contributed by atoms with Crippen LogP contribution in [0, 0.1) is 5.92 Å². The SMILES string of the molecule is CC1=Nc2ccnn2C(c2ccc(Cl)c(Cl)c2)C1C(=O)N1CCCCC1. The Bertz CT molecular complexity index is 870. The van der Waals surface area contributed by atoms with Gasteiger partial charge in [-0.05, 0) is 43.9 Å². The Morgan fingerprint density at radius 3 is 2.62 bits per heavy atom. The highest BCUT2D eigenvalue weighted by Gasteiger charge is 2.40. The van der Waals surface area contributed by atoms with Gasteiger partial charge in [0.2, 0.25) is 5.91 Å². The van der Waals surface area contributed by atoms with Crippen molar-refractivity contribution in [3.8, 4) is 0 Å². The average molecular weight is 391 g/mol. The number of rotatable bonds is 2. The predicted octanol–water partition coefficient (Wildman–Crippen LogP) is 4.51. The number of benzene rings is 1. The van der Waals surface area contributed by atoms with Gasteiger partial charge in [-0.25, -0.2) is 9.67 Å². The largest absolute Gasteiger partial charge is 0.342 e. The first kappa shape index (κ1) is 17.6. The number of halogens is 2. The van der Waals surface area contributed by atoms with Crippen LogP contribution in [0.1, 0.15) is 37.8 Å². The van der Waals surface area contributed by atoms with E-state index in [-0.39, 0.29) is 11.9 Å². The van der Waals surface area contributed by atoms with Crippen LogP contribution in [0.4, 0.5) is 5.82 Å². The minimum atomic E-state index is -0.391. The van der Waals surface area contributed by atoms with Gasteiger partial charge in [0, 0.05) is 24.9 Å². The Kier molecular flexibility index (Phi) is 4.76. The number of hydrogen-bond donors (Lipinski definition) is 0. The number of carbonyl (C=O) groups is 1. The molecule has 0 spiro atoms. The van der Waals surface area contributed by atoms with Crippen molar-refractivity contribution in [2.75, 3.05) is 13.1 Å². The van der Waals surface area contributed by atoms with Crippen molar-refractivity contribution in [1.82, 2.24) is 14.7 Å². The third kappa shape index (κ3) is 3.03. The summed E-state index contributed by atoms with van der Waals surface area (Å²) < 4.78 is 1.82. The second kappa shape index (κ2) is 7.05. The molecule has 0 aliphatic carbocycles. The predicted molar refractivity (Wildman–Crippen MR) is 104 cm³/mol. The molecular formula is C19H20Cl2N4O. The van der Waals surface area contributed by atoms with E-state index in [9.17, 15) is 4.79 Å². The lowest BCUT2D eigenvalue weighted by atomic mass is 9.86. The third-order valence-electron chi connectivity index (χ3n) is 5.19. The highest BCUT2D eigenvalue weighted by Crippen LogP contribution is 2.39. The smallest absolute Gasteiger partial charge is 0.233 e. The standard InChI is InChI=1S/C19H20Cl2N4O/c1-12-17(19(26)24-9-3-2-4-10-24)18(25-16(23-12)7-8-22-25)13-5-6-14(20)15(21)11-13/h5-8,11,17-18H,2-4,9-10H2,1H3. The van der Waals surface area contributed by atoms with Gasteiger partial charge in [-0.15, -0.1) is 0 Å². The number of hydrogen-bond acceptors (Lipinski definition) is 3. The number of fused-ring (bicyclic) bond motifs is 1. The highest BCUT2D eigenvalue weighted by atomic mass is 35.5. The van der Waals surface area contributed by atoms with Crippen molar-refractivity contribution in [2.24, 2.45) is 10.9 Å². The number of carbonyl (C=O) groups excluding carboxylic acids is 1. The molecule has 7 heteroatoms. The number of piperidine rings is 1. The molecule has 2 aliphatic rings. The van der Waals surface area contributed by atoms with Crippen molar-refractivity contribution in [3.63, 3.8) is 0 Å². The summed E-state index contributed by atoms with van der Waals surface area (Å²) in [4.78, 5) is 20.0. The molecule has 5 nitrogen and oxygen atoms in total. The van der Waals surface area contributed by atoms with Gasteiger partial charge in [-0.2, -0.15) is 5.10 Å². The van der Waals surface area contributed by atoms with Crippen LogP contribution in [0.15, 0.2) is 35.5 Å². The first-order valence-electron chi connectivity index (χ1n) is 8.88. The fourth-order valence-corrected chi connectivity index (χ4v) is 4.19. The monoisotopic (exact) mass is 390 g/mol. The summed E-state index contributed by atoms with van der Waals surface area (Å²) in [6.45, 7) is 3.54. The summed E-state index contributed by atoms with van der Waals surface area (Å²) in [6.07, 6.45) is 5.00. The van der Waals surface area contributed by atoms with Crippen LogP contribution >= 0.6 is 23.2 Å². The van der Waals surface area contributed by atoms with E-state index in [1.807, 2.05) is 34.7 Å². The van der Waals surface area contributed by atoms with E-state index in [0.717, 1.165) is 43.0 Å². The lowest BCUT2D eigenvalue weighted by Gasteiger charge is -2.36. The first-order valence-corrected chi connectivity index (χ1v) is 9.64. The number of likely N-dealkylation sites (tertiary alicyclic amines) is 1. The van der Waals surface area contributed by atoms with Gasteiger partial charge in [0.1, 0.15) is 5.92 Å². The molecule has 2 aliphatic heterocycles. The van der Waals surface area contributed by atoms with Crippen LogP contribution < -0.4 is 0 Å². The molecule has 1 saturated heterocycles. The van der Waals surface area contributed by atoms with Gasteiger partial charge in [0.25, 0.3) is 0 Å². The van der Waals surface area contributed by atoms with E-state index in [0.29, 0.717) is 10.0 Å². The van der Waals surface area contributed by atoms with E-state index >= 15 is 0 Å². The summed E-state index contributed by atoms with van der Waals surface area (Å²) in [5.41, 5.74) is 1.72. The van der Waals surface area contributed by atoms with Crippen LogP contribution in [0.2, 0.25) is 10.0 Å². The number of aliphatic imine (C=N–C) groups is 1. The Balaban J connectivity index is 1.79. The maximum absolute atomic E-state index is 13.4. The molecule has 1 aromatic carbocycles. The normalized spacial score (nSPS) is 22.7. The molecular weight excluding hydrogens is 371 g/mol.